The number of nitrogens with zero attached hydrogens (tertiary/aromatic N) is 2. The number of rotatable bonds is 2. The number of nitrogens with one attached hydrogen (secondary N) is 1. The fourth-order valence-electron chi connectivity index (χ4n) is 1.58. The Kier molecular flexibility index (Phi) is 2.40. The molecule has 13 heavy (non-hydrogen) atoms. The van der Waals surface area contributed by atoms with Crippen molar-refractivity contribution in [2.24, 2.45) is 0 Å². The third-order valence-corrected chi connectivity index (χ3v) is 2.25. The van der Waals surface area contributed by atoms with Crippen LogP contribution in [-0.4, -0.2) is 23.6 Å². The molecule has 0 aliphatic carbocycles. The molecule has 4 nitrogen and oxygen atoms in total. The quantitative estimate of drug-likeness (QED) is 0.733. The van der Waals surface area contributed by atoms with E-state index in [2.05, 4.69) is 15.3 Å². The van der Waals surface area contributed by atoms with Gasteiger partial charge in [-0.15, -0.1) is 0 Å². The molecule has 2 heterocycles. The van der Waals surface area contributed by atoms with Gasteiger partial charge >= 0.3 is 6.01 Å². The summed E-state index contributed by atoms with van der Waals surface area (Å²) in [6, 6.07) is 2.77. The lowest BCUT2D eigenvalue weighted by atomic mass is 10.1. The second kappa shape index (κ2) is 3.70. The maximum absolute atomic E-state index is 4.96. The van der Waals surface area contributed by atoms with Crippen LogP contribution in [0.3, 0.4) is 0 Å². The smallest absolute Gasteiger partial charge is 0.316 e. The minimum Gasteiger partial charge on any atom is -0.467 e. The first-order chi connectivity index (χ1) is 6.40. The second-order valence-electron chi connectivity index (χ2n) is 3.12. The maximum atomic E-state index is 4.96. The highest BCUT2D eigenvalue weighted by Gasteiger charge is 2.17. The minimum atomic E-state index is 0.386. The normalized spacial score (nSPS) is 21.8. The number of aromatic nitrogens is 2. The zero-order valence-corrected chi connectivity index (χ0v) is 7.66. The molecule has 0 spiro atoms. The molecule has 1 aliphatic rings. The molecule has 4 heteroatoms. The van der Waals surface area contributed by atoms with Crippen LogP contribution in [-0.2, 0) is 0 Å². The Morgan fingerprint density at radius 1 is 1.62 bits per heavy atom. The van der Waals surface area contributed by atoms with Crippen molar-refractivity contribution < 1.29 is 4.74 Å². The third kappa shape index (κ3) is 1.78. The van der Waals surface area contributed by atoms with E-state index in [9.17, 15) is 0 Å². The van der Waals surface area contributed by atoms with Gasteiger partial charge in [-0.05, 0) is 25.5 Å². The summed E-state index contributed by atoms with van der Waals surface area (Å²) >= 11 is 0. The topological polar surface area (TPSA) is 47.0 Å². The highest BCUT2D eigenvalue weighted by atomic mass is 16.5. The third-order valence-electron chi connectivity index (χ3n) is 2.25. The number of hydrogen-bond acceptors (Lipinski definition) is 4. The molecule has 0 saturated carbocycles. The summed E-state index contributed by atoms with van der Waals surface area (Å²) in [5, 5.41) is 3.38. The molecule has 0 amide bonds. The van der Waals surface area contributed by atoms with E-state index in [0.717, 1.165) is 18.7 Å². The van der Waals surface area contributed by atoms with Crippen molar-refractivity contribution in [1.82, 2.24) is 15.3 Å². The summed E-state index contributed by atoms with van der Waals surface area (Å²) in [6.45, 7) is 1.08. The van der Waals surface area contributed by atoms with Crippen LogP contribution < -0.4 is 10.1 Å². The predicted molar refractivity (Wildman–Crippen MR) is 48.6 cm³/mol. The van der Waals surface area contributed by atoms with Gasteiger partial charge in [-0.2, -0.15) is 4.98 Å². The Hall–Kier alpha value is -1.16. The Balaban J connectivity index is 2.18. The van der Waals surface area contributed by atoms with Crippen molar-refractivity contribution in [2.45, 2.75) is 18.9 Å². The van der Waals surface area contributed by atoms with Gasteiger partial charge < -0.3 is 10.1 Å². The van der Waals surface area contributed by atoms with E-state index in [4.69, 9.17) is 4.74 Å². The molecule has 0 unspecified atom stereocenters. The van der Waals surface area contributed by atoms with Gasteiger partial charge in [0.2, 0.25) is 0 Å². The Labute approximate surface area is 77.4 Å². The molecule has 0 radical (unpaired) electrons. The van der Waals surface area contributed by atoms with Gasteiger partial charge in [-0.3, -0.25) is 0 Å². The van der Waals surface area contributed by atoms with Crippen LogP contribution in [0.15, 0.2) is 12.3 Å². The van der Waals surface area contributed by atoms with Crippen molar-refractivity contribution in [2.75, 3.05) is 13.7 Å². The van der Waals surface area contributed by atoms with E-state index in [-0.39, 0.29) is 0 Å². The van der Waals surface area contributed by atoms with Crippen LogP contribution in [0.5, 0.6) is 6.01 Å². The van der Waals surface area contributed by atoms with Gasteiger partial charge in [-0.25, -0.2) is 4.98 Å². The first-order valence-corrected chi connectivity index (χ1v) is 4.50. The van der Waals surface area contributed by atoms with Crippen molar-refractivity contribution >= 4 is 0 Å². The zero-order valence-electron chi connectivity index (χ0n) is 7.66. The first kappa shape index (κ1) is 8.44. The summed E-state index contributed by atoms with van der Waals surface area (Å²) in [6.07, 6.45) is 4.11. The fourth-order valence-corrected chi connectivity index (χ4v) is 1.58. The lowest BCUT2D eigenvalue weighted by molar-refractivity contribution is 0.376. The van der Waals surface area contributed by atoms with Crippen LogP contribution in [0.4, 0.5) is 0 Å². The van der Waals surface area contributed by atoms with E-state index in [1.807, 2.05) is 6.07 Å². The first-order valence-electron chi connectivity index (χ1n) is 4.50. The molecule has 0 bridgehead atoms. The average Bonchev–Trinajstić information content (AvgIpc) is 2.71. The maximum Gasteiger partial charge on any atom is 0.316 e. The lowest BCUT2D eigenvalue weighted by Crippen LogP contribution is -2.14. The predicted octanol–water partition coefficient (Wildman–Crippen LogP) is 0.910. The molecule has 1 aliphatic heterocycles. The van der Waals surface area contributed by atoms with Gasteiger partial charge in [0.15, 0.2) is 0 Å². The van der Waals surface area contributed by atoms with E-state index < -0.39 is 0 Å². The van der Waals surface area contributed by atoms with Crippen molar-refractivity contribution in [3.05, 3.63) is 18.0 Å². The van der Waals surface area contributed by atoms with Crippen molar-refractivity contribution in [1.29, 1.82) is 0 Å². The molecule has 1 aromatic rings. The summed E-state index contributed by atoms with van der Waals surface area (Å²) in [5.74, 6) is 0. The Bertz CT molecular complexity index is 284. The highest BCUT2D eigenvalue weighted by Crippen LogP contribution is 2.21. The number of methoxy groups -OCH3 is 1. The van der Waals surface area contributed by atoms with Crippen molar-refractivity contribution in [3.8, 4) is 6.01 Å². The van der Waals surface area contributed by atoms with E-state index >= 15 is 0 Å². The second-order valence-corrected chi connectivity index (χ2v) is 3.12. The van der Waals surface area contributed by atoms with Gasteiger partial charge in [-0.1, -0.05) is 0 Å². The van der Waals surface area contributed by atoms with Crippen LogP contribution in [0, 0.1) is 0 Å². The summed E-state index contributed by atoms with van der Waals surface area (Å²) in [7, 11) is 1.58. The van der Waals surface area contributed by atoms with Crippen LogP contribution in [0.1, 0.15) is 24.6 Å². The summed E-state index contributed by atoms with van der Waals surface area (Å²) in [5.41, 5.74) is 1.03. The van der Waals surface area contributed by atoms with Crippen LogP contribution >= 0.6 is 0 Å². The van der Waals surface area contributed by atoms with E-state index in [1.54, 1.807) is 13.3 Å². The molecule has 1 N–H and O–H groups in total. The van der Waals surface area contributed by atoms with Gasteiger partial charge in [0.1, 0.15) is 0 Å². The Morgan fingerprint density at radius 3 is 3.23 bits per heavy atom. The molecule has 1 saturated heterocycles. The summed E-state index contributed by atoms with van der Waals surface area (Å²) < 4.78 is 4.96. The van der Waals surface area contributed by atoms with Crippen LogP contribution in [0.2, 0.25) is 0 Å². The average molecular weight is 179 g/mol. The number of ether oxygens (including phenoxy) is 1. The monoisotopic (exact) mass is 179 g/mol. The highest BCUT2D eigenvalue weighted by molar-refractivity contribution is 5.11. The lowest BCUT2D eigenvalue weighted by Gasteiger charge is -2.09. The largest absolute Gasteiger partial charge is 0.467 e. The number of hydrogen-bond donors (Lipinski definition) is 1. The van der Waals surface area contributed by atoms with E-state index in [0.29, 0.717) is 12.1 Å². The molecule has 70 valence electrons. The molecule has 1 aromatic heterocycles. The fraction of sp³-hybridized carbons (Fsp3) is 0.556. The SMILES string of the molecule is COc1nccc([C@H]2CCCN2)n1. The van der Waals surface area contributed by atoms with E-state index in [1.165, 1.54) is 6.42 Å². The molecule has 2 rings (SSSR count). The molecule has 0 aromatic carbocycles. The van der Waals surface area contributed by atoms with Crippen molar-refractivity contribution in [3.63, 3.8) is 0 Å². The summed E-state index contributed by atoms with van der Waals surface area (Å²) in [4.78, 5) is 8.25. The van der Waals surface area contributed by atoms with Gasteiger partial charge in [0.25, 0.3) is 0 Å². The van der Waals surface area contributed by atoms with Crippen LogP contribution in [0.25, 0.3) is 0 Å². The molecule has 1 fully saturated rings. The minimum absolute atomic E-state index is 0.386. The van der Waals surface area contributed by atoms with Gasteiger partial charge in [0.05, 0.1) is 12.8 Å². The zero-order chi connectivity index (χ0) is 9.10. The molecular formula is C9H13N3O. The molecule has 1 atom stereocenters. The van der Waals surface area contributed by atoms with Gasteiger partial charge in [0, 0.05) is 12.2 Å². The Morgan fingerprint density at radius 2 is 2.54 bits per heavy atom. The standard InChI is InChI=1S/C9H13N3O/c1-13-9-11-6-4-8(12-9)7-3-2-5-10-7/h4,6-7,10H,2-3,5H2,1H3/t7-/m1/s1. The molecular weight excluding hydrogens is 166 g/mol.